The lowest BCUT2D eigenvalue weighted by molar-refractivity contribution is -0.384. The van der Waals surface area contributed by atoms with Gasteiger partial charge in [0.1, 0.15) is 17.1 Å². The minimum Gasteiger partial charge on any atom is -0.497 e. The van der Waals surface area contributed by atoms with Gasteiger partial charge in [-0.15, -0.1) is 0 Å². The van der Waals surface area contributed by atoms with Crippen molar-refractivity contribution >= 4 is 16.9 Å². The molecule has 0 spiro atoms. The summed E-state index contributed by atoms with van der Waals surface area (Å²) in [6.07, 6.45) is 1.71. The number of non-ortho nitro benzene ring substituents is 1. The highest BCUT2D eigenvalue weighted by Gasteiger charge is 2.16. The summed E-state index contributed by atoms with van der Waals surface area (Å²) in [5, 5.41) is 10.9. The molecule has 0 amide bonds. The minimum atomic E-state index is -0.419. The van der Waals surface area contributed by atoms with Gasteiger partial charge in [0.05, 0.1) is 12.0 Å². The number of hydrogen-bond donors (Lipinski definition) is 0. The third kappa shape index (κ3) is 2.65. The second-order valence-electron chi connectivity index (χ2n) is 5.62. The number of fused-ring (bicyclic) bond motifs is 1. The summed E-state index contributed by atoms with van der Waals surface area (Å²) in [4.78, 5) is 19.6. The molecule has 7 heteroatoms. The smallest absolute Gasteiger partial charge is 0.269 e. The molecule has 0 saturated carbocycles. The van der Waals surface area contributed by atoms with Crippen LogP contribution >= 0.6 is 0 Å². The van der Waals surface area contributed by atoms with Crippen molar-refractivity contribution in [1.29, 1.82) is 0 Å². The van der Waals surface area contributed by atoms with Crippen LogP contribution in [-0.4, -0.2) is 26.6 Å². The van der Waals surface area contributed by atoms with Crippen LogP contribution in [0.15, 0.2) is 66.9 Å². The number of nitro groups is 1. The second kappa shape index (κ2) is 6.29. The van der Waals surface area contributed by atoms with Crippen LogP contribution in [0.4, 0.5) is 5.69 Å². The summed E-state index contributed by atoms with van der Waals surface area (Å²) in [6.45, 7) is 0. The first-order chi connectivity index (χ1) is 12.7. The molecule has 0 radical (unpaired) electrons. The number of methoxy groups -OCH3 is 1. The molecule has 2 aromatic carbocycles. The Kier molecular flexibility index (Phi) is 3.81. The van der Waals surface area contributed by atoms with Gasteiger partial charge in [0.2, 0.25) is 0 Å². The Bertz CT molecular complexity index is 1090. The van der Waals surface area contributed by atoms with E-state index in [-0.39, 0.29) is 5.69 Å². The van der Waals surface area contributed by atoms with Crippen LogP contribution in [0.3, 0.4) is 0 Å². The van der Waals surface area contributed by atoms with Gasteiger partial charge in [0.25, 0.3) is 5.69 Å². The van der Waals surface area contributed by atoms with E-state index in [1.54, 1.807) is 25.4 Å². The Balaban J connectivity index is 1.92. The quantitative estimate of drug-likeness (QED) is 0.412. The summed E-state index contributed by atoms with van der Waals surface area (Å²) in [6, 6.07) is 17.6. The number of aromatic nitrogens is 3. The van der Waals surface area contributed by atoms with E-state index < -0.39 is 4.92 Å². The summed E-state index contributed by atoms with van der Waals surface area (Å²) < 4.78 is 7.15. The molecule has 4 rings (SSSR count). The molecule has 7 nitrogen and oxygen atoms in total. The van der Waals surface area contributed by atoms with E-state index in [4.69, 9.17) is 4.74 Å². The van der Waals surface area contributed by atoms with Crippen molar-refractivity contribution < 1.29 is 9.66 Å². The van der Waals surface area contributed by atoms with E-state index in [0.29, 0.717) is 11.5 Å². The van der Waals surface area contributed by atoms with Crippen molar-refractivity contribution in [3.8, 4) is 22.8 Å². The largest absolute Gasteiger partial charge is 0.497 e. The fourth-order valence-electron chi connectivity index (χ4n) is 2.81. The third-order valence-electron chi connectivity index (χ3n) is 4.08. The summed E-state index contributed by atoms with van der Waals surface area (Å²) in [5.74, 6) is 1.42. The van der Waals surface area contributed by atoms with Crippen LogP contribution in [0.2, 0.25) is 0 Å². The van der Waals surface area contributed by atoms with Crippen molar-refractivity contribution in [2.24, 2.45) is 0 Å². The van der Waals surface area contributed by atoms with E-state index in [9.17, 15) is 10.1 Å². The van der Waals surface area contributed by atoms with Gasteiger partial charge in [0.15, 0.2) is 5.65 Å². The van der Waals surface area contributed by atoms with E-state index in [1.165, 1.54) is 12.1 Å². The lowest BCUT2D eigenvalue weighted by Gasteiger charge is -2.09. The molecule has 0 fully saturated rings. The topological polar surface area (TPSA) is 83.1 Å². The Labute approximate surface area is 148 Å². The van der Waals surface area contributed by atoms with Crippen LogP contribution in [0.1, 0.15) is 0 Å². The van der Waals surface area contributed by atoms with E-state index in [0.717, 1.165) is 22.5 Å². The molecular weight excluding hydrogens is 332 g/mol. The summed E-state index contributed by atoms with van der Waals surface area (Å²) >= 11 is 0. The molecule has 0 unspecified atom stereocenters. The first-order valence-corrected chi connectivity index (χ1v) is 7.90. The Morgan fingerprint density at radius 1 is 1.04 bits per heavy atom. The number of rotatable bonds is 4. The predicted molar refractivity (Wildman–Crippen MR) is 97.5 cm³/mol. The van der Waals surface area contributed by atoms with E-state index >= 15 is 0 Å². The predicted octanol–water partition coefficient (Wildman–Crippen LogP) is 4.00. The number of nitrogens with zero attached hydrogens (tertiary/aromatic N) is 4. The maximum atomic E-state index is 10.9. The molecule has 26 heavy (non-hydrogen) atoms. The minimum absolute atomic E-state index is 0.0407. The number of ether oxygens (including phenoxy) is 1. The molecule has 2 heterocycles. The SMILES string of the molecule is COc1ccc(-n2c(-c3ccc([N+](=O)[O-])cc3)nc3cccnc32)cc1. The first kappa shape index (κ1) is 15.8. The average Bonchev–Trinajstić information content (AvgIpc) is 3.07. The van der Waals surface area contributed by atoms with Crippen LogP contribution < -0.4 is 4.74 Å². The molecule has 0 aliphatic carbocycles. The summed E-state index contributed by atoms with van der Waals surface area (Å²) in [7, 11) is 1.62. The van der Waals surface area contributed by atoms with Gasteiger partial charge in [-0.2, -0.15) is 0 Å². The van der Waals surface area contributed by atoms with Gasteiger partial charge in [-0.1, -0.05) is 0 Å². The molecule has 2 aromatic heterocycles. The standard InChI is InChI=1S/C19H14N4O3/c1-26-16-10-8-14(9-11-16)22-18(21-17-3-2-12-20-19(17)22)13-4-6-15(7-5-13)23(24)25/h2-12H,1H3. The molecule has 0 saturated heterocycles. The highest BCUT2D eigenvalue weighted by Crippen LogP contribution is 2.29. The van der Waals surface area contributed by atoms with Crippen LogP contribution in [0, 0.1) is 10.1 Å². The molecule has 0 atom stereocenters. The number of nitro benzene ring substituents is 1. The molecule has 0 bridgehead atoms. The Hall–Kier alpha value is -3.74. The van der Waals surface area contributed by atoms with Crippen LogP contribution in [0.25, 0.3) is 28.2 Å². The zero-order valence-electron chi connectivity index (χ0n) is 13.9. The molecular formula is C19H14N4O3. The molecule has 0 aliphatic heterocycles. The van der Waals surface area contributed by atoms with Crippen LogP contribution in [0.5, 0.6) is 5.75 Å². The normalized spacial score (nSPS) is 10.8. The molecule has 0 N–H and O–H groups in total. The lowest BCUT2D eigenvalue weighted by atomic mass is 10.2. The number of pyridine rings is 1. The van der Waals surface area contributed by atoms with Gasteiger partial charge in [0, 0.05) is 29.6 Å². The number of benzene rings is 2. The maximum Gasteiger partial charge on any atom is 0.269 e. The summed E-state index contributed by atoms with van der Waals surface area (Å²) in [5.41, 5.74) is 3.14. The number of hydrogen-bond acceptors (Lipinski definition) is 5. The fourth-order valence-corrected chi connectivity index (χ4v) is 2.81. The zero-order chi connectivity index (χ0) is 18.1. The number of imidazole rings is 1. The Morgan fingerprint density at radius 3 is 2.42 bits per heavy atom. The zero-order valence-corrected chi connectivity index (χ0v) is 13.9. The van der Waals surface area contributed by atoms with E-state index in [1.807, 2.05) is 41.0 Å². The maximum absolute atomic E-state index is 10.9. The van der Waals surface area contributed by atoms with Crippen molar-refractivity contribution in [2.45, 2.75) is 0 Å². The van der Waals surface area contributed by atoms with Crippen LogP contribution in [-0.2, 0) is 0 Å². The van der Waals surface area contributed by atoms with Crippen molar-refractivity contribution in [3.05, 3.63) is 77.0 Å². The highest BCUT2D eigenvalue weighted by molar-refractivity contribution is 5.80. The van der Waals surface area contributed by atoms with Crippen molar-refractivity contribution in [2.75, 3.05) is 7.11 Å². The monoisotopic (exact) mass is 346 g/mol. The van der Waals surface area contributed by atoms with Crippen molar-refractivity contribution in [3.63, 3.8) is 0 Å². The average molecular weight is 346 g/mol. The van der Waals surface area contributed by atoms with Gasteiger partial charge in [-0.05, 0) is 48.5 Å². The lowest BCUT2D eigenvalue weighted by Crippen LogP contribution is -1.99. The van der Waals surface area contributed by atoms with Gasteiger partial charge >= 0.3 is 0 Å². The first-order valence-electron chi connectivity index (χ1n) is 7.90. The molecule has 0 aliphatic rings. The van der Waals surface area contributed by atoms with E-state index in [2.05, 4.69) is 9.97 Å². The Morgan fingerprint density at radius 2 is 1.77 bits per heavy atom. The third-order valence-corrected chi connectivity index (χ3v) is 4.08. The van der Waals surface area contributed by atoms with Crippen molar-refractivity contribution in [1.82, 2.24) is 14.5 Å². The van der Waals surface area contributed by atoms with Gasteiger partial charge < -0.3 is 4.74 Å². The fraction of sp³-hybridized carbons (Fsp3) is 0.0526. The highest BCUT2D eigenvalue weighted by atomic mass is 16.6. The van der Waals surface area contributed by atoms with Gasteiger partial charge in [-0.25, -0.2) is 9.97 Å². The van der Waals surface area contributed by atoms with Gasteiger partial charge in [-0.3, -0.25) is 14.7 Å². The second-order valence-corrected chi connectivity index (χ2v) is 5.62. The molecule has 128 valence electrons. The molecule has 4 aromatic rings.